The number of aromatic nitrogens is 4. The number of thioether (sulfide) groups is 1. The van der Waals surface area contributed by atoms with Gasteiger partial charge >= 0.3 is 0 Å². The molecule has 0 bridgehead atoms. The van der Waals surface area contributed by atoms with Crippen LogP contribution in [0.2, 0.25) is 0 Å². The Balaban J connectivity index is 1.47. The quantitative estimate of drug-likeness (QED) is 0.544. The van der Waals surface area contributed by atoms with Crippen LogP contribution in [0.1, 0.15) is 28.7 Å². The van der Waals surface area contributed by atoms with Crippen LogP contribution in [0.3, 0.4) is 0 Å². The number of nitrogens with one attached hydrogen (secondary N) is 2. The third-order valence-electron chi connectivity index (χ3n) is 3.45. The van der Waals surface area contributed by atoms with Gasteiger partial charge in [-0.3, -0.25) is 14.9 Å². The summed E-state index contributed by atoms with van der Waals surface area (Å²) in [6.45, 7) is 2.07. The first-order valence-corrected chi connectivity index (χ1v) is 10.4. The lowest BCUT2D eigenvalue weighted by Crippen LogP contribution is -2.14. The van der Waals surface area contributed by atoms with Crippen molar-refractivity contribution >= 4 is 45.9 Å². The fourth-order valence-corrected chi connectivity index (χ4v) is 3.63. The number of hydrogen-bond acceptors (Lipinski definition) is 8. The molecule has 0 aliphatic heterocycles. The summed E-state index contributed by atoms with van der Waals surface area (Å²) < 4.78 is 0. The van der Waals surface area contributed by atoms with E-state index in [4.69, 9.17) is 0 Å². The van der Waals surface area contributed by atoms with Gasteiger partial charge in [-0.2, -0.15) is 0 Å². The molecule has 0 fully saturated rings. The highest BCUT2D eigenvalue weighted by Crippen LogP contribution is 2.19. The smallest absolute Gasteiger partial charge is 0.256 e. The highest BCUT2D eigenvalue weighted by Gasteiger charge is 2.10. The van der Waals surface area contributed by atoms with Crippen LogP contribution in [0, 0.1) is 0 Å². The highest BCUT2D eigenvalue weighted by atomic mass is 32.2. The van der Waals surface area contributed by atoms with Gasteiger partial charge in [0.1, 0.15) is 10.0 Å². The number of carbonyl (C=O) groups excluding carboxylic acids is 2. The lowest BCUT2D eigenvalue weighted by Gasteiger charge is -2.04. The van der Waals surface area contributed by atoms with Crippen LogP contribution >= 0.6 is 23.1 Å². The second-order valence-electron chi connectivity index (χ2n) is 5.66. The number of hydrogen-bond donors (Lipinski definition) is 2. The summed E-state index contributed by atoms with van der Waals surface area (Å²) in [4.78, 5) is 24.1. The summed E-state index contributed by atoms with van der Waals surface area (Å²) in [6.07, 6.45) is 1.84. The second-order valence-corrected chi connectivity index (χ2v) is 7.72. The number of benzene rings is 1. The minimum absolute atomic E-state index is 0.174. The summed E-state index contributed by atoms with van der Waals surface area (Å²) >= 11 is 2.63. The van der Waals surface area contributed by atoms with Gasteiger partial charge in [-0.15, -0.1) is 20.4 Å². The molecular formula is C18H18N6O2S2. The maximum atomic E-state index is 12.1. The number of nitrogens with zero attached hydrogens (tertiary/aromatic N) is 4. The Morgan fingerprint density at radius 1 is 1.00 bits per heavy atom. The van der Waals surface area contributed by atoms with Crippen molar-refractivity contribution in [3.05, 3.63) is 53.0 Å². The number of rotatable bonds is 8. The Hall–Kier alpha value is -2.85. The van der Waals surface area contributed by atoms with Crippen molar-refractivity contribution < 1.29 is 9.59 Å². The van der Waals surface area contributed by atoms with Crippen LogP contribution in [0.4, 0.5) is 10.9 Å². The molecule has 0 aliphatic rings. The van der Waals surface area contributed by atoms with Crippen molar-refractivity contribution in [2.45, 2.75) is 24.8 Å². The Morgan fingerprint density at radius 2 is 1.82 bits per heavy atom. The molecule has 0 saturated carbocycles. The maximum absolute atomic E-state index is 12.1. The molecule has 2 N–H and O–H groups in total. The van der Waals surface area contributed by atoms with Crippen LogP contribution in [0.5, 0.6) is 0 Å². The van der Waals surface area contributed by atoms with Crippen LogP contribution in [0.15, 0.2) is 47.5 Å². The van der Waals surface area contributed by atoms with E-state index in [0.717, 1.165) is 17.8 Å². The molecule has 0 atom stereocenters. The Bertz CT molecular complexity index is 931. The molecule has 2 heterocycles. The molecule has 0 unspecified atom stereocenters. The Kier molecular flexibility index (Phi) is 7.04. The predicted molar refractivity (Wildman–Crippen MR) is 110 cm³/mol. The molecule has 10 heteroatoms. The zero-order valence-electron chi connectivity index (χ0n) is 15.1. The van der Waals surface area contributed by atoms with E-state index in [0.29, 0.717) is 21.5 Å². The van der Waals surface area contributed by atoms with E-state index in [2.05, 4.69) is 38.0 Å². The van der Waals surface area contributed by atoms with Crippen LogP contribution in [0.25, 0.3) is 0 Å². The molecule has 0 saturated heterocycles. The van der Waals surface area contributed by atoms with Crippen molar-refractivity contribution in [2.75, 3.05) is 16.4 Å². The summed E-state index contributed by atoms with van der Waals surface area (Å²) in [6, 6.07) is 12.2. The normalized spacial score (nSPS) is 10.5. The summed E-state index contributed by atoms with van der Waals surface area (Å²) in [5.74, 6) is 0.0780. The van der Waals surface area contributed by atoms with Gasteiger partial charge in [0.25, 0.3) is 5.91 Å². The van der Waals surface area contributed by atoms with E-state index < -0.39 is 0 Å². The van der Waals surface area contributed by atoms with Gasteiger partial charge < -0.3 is 5.32 Å². The molecular weight excluding hydrogens is 396 g/mol. The summed E-state index contributed by atoms with van der Waals surface area (Å²) in [5.41, 5.74) is 0.540. The van der Waals surface area contributed by atoms with E-state index in [1.165, 1.54) is 23.1 Å². The maximum Gasteiger partial charge on any atom is 0.256 e. The van der Waals surface area contributed by atoms with Gasteiger partial charge in [0.15, 0.2) is 5.82 Å². The van der Waals surface area contributed by atoms with Crippen molar-refractivity contribution in [1.29, 1.82) is 0 Å². The minimum atomic E-state index is -0.255. The number of anilines is 2. The summed E-state index contributed by atoms with van der Waals surface area (Å²) in [5, 5.41) is 23.4. The monoisotopic (exact) mass is 414 g/mol. The standard InChI is InChI=1S/C18H18N6O2S2/c1-2-6-16-23-24-18(28-16)20-14(25)11-27-15-10-9-13(21-22-15)19-17(26)12-7-4-3-5-8-12/h3-5,7-10H,2,6,11H2,1H3,(H,19,21,26)(H,20,24,25). The van der Waals surface area contributed by atoms with Crippen LogP contribution < -0.4 is 10.6 Å². The average Bonchev–Trinajstić information content (AvgIpc) is 3.15. The van der Waals surface area contributed by atoms with E-state index >= 15 is 0 Å². The van der Waals surface area contributed by atoms with Gasteiger partial charge in [-0.1, -0.05) is 48.2 Å². The van der Waals surface area contributed by atoms with Crippen LogP contribution in [-0.4, -0.2) is 38.0 Å². The number of carbonyl (C=O) groups is 2. The first kappa shape index (κ1) is 19.9. The molecule has 3 aromatic rings. The largest absolute Gasteiger partial charge is 0.305 e. The Labute approximate surface area is 170 Å². The van der Waals surface area contributed by atoms with Crippen molar-refractivity contribution in [1.82, 2.24) is 20.4 Å². The SMILES string of the molecule is CCCc1nnc(NC(=O)CSc2ccc(NC(=O)c3ccccc3)nn2)s1. The molecule has 144 valence electrons. The fraction of sp³-hybridized carbons (Fsp3) is 0.222. The first-order valence-electron chi connectivity index (χ1n) is 8.59. The second kappa shape index (κ2) is 9.90. The molecule has 2 amide bonds. The van der Waals surface area contributed by atoms with E-state index in [9.17, 15) is 9.59 Å². The lowest BCUT2D eigenvalue weighted by atomic mass is 10.2. The van der Waals surface area contributed by atoms with E-state index in [1.54, 1.807) is 36.4 Å². The molecule has 8 nitrogen and oxygen atoms in total. The molecule has 1 aromatic carbocycles. The van der Waals surface area contributed by atoms with Gasteiger partial charge in [0.2, 0.25) is 11.0 Å². The van der Waals surface area contributed by atoms with E-state index in [-0.39, 0.29) is 17.6 Å². The van der Waals surface area contributed by atoms with Gasteiger partial charge in [0, 0.05) is 12.0 Å². The molecule has 2 aromatic heterocycles. The zero-order valence-corrected chi connectivity index (χ0v) is 16.7. The average molecular weight is 415 g/mol. The third kappa shape index (κ3) is 5.83. The lowest BCUT2D eigenvalue weighted by molar-refractivity contribution is -0.113. The predicted octanol–water partition coefficient (Wildman–Crippen LogP) is 3.26. The molecule has 0 radical (unpaired) electrons. The molecule has 0 spiro atoms. The Morgan fingerprint density at radius 3 is 2.54 bits per heavy atom. The first-order chi connectivity index (χ1) is 13.6. The topological polar surface area (TPSA) is 110 Å². The van der Waals surface area contributed by atoms with Gasteiger partial charge in [-0.05, 0) is 30.7 Å². The van der Waals surface area contributed by atoms with E-state index in [1.807, 2.05) is 6.07 Å². The molecule has 3 rings (SSSR count). The van der Waals surface area contributed by atoms with Crippen molar-refractivity contribution in [3.8, 4) is 0 Å². The molecule has 28 heavy (non-hydrogen) atoms. The number of aryl methyl sites for hydroxylation is 1. The fourth-order valence-electron chi connectivity index (χ4n) is 2.16. The van der Waals surface area contributed by atoms with Crippen molar-refractivity contribution in [2.24, 2.45) is 0 Å². The molecule has 0 aliphatic carbocycles. The van der Waals surface area contributed by atoms with Crippen LogP contribution in [-0.2, 0) is 11.2 Å². The zero-order chi connectivity index (χ0) is 19.8. The highest BCUT2D eigenvalue weighted by molar-refractivity contribution is 7.99. The minimum Gasteiger partial charge on any atom is -0.305 e. The third-order valence-corrected chi connectivity index (χ3v) is 5.26. The summed E-state index contributed by atoms with van der Waals surface area (Å²) in [7, 11) is 0. The van der Waals surface area contributed by atoms with Gasteiger partial charge in [0.05, 0.1) is 5.75 Å². The van der Waals surface area contributed by atoms with Gasteiger partial charge in [-0.25, -0.2) is 0 Å². The number of amides is 2. The van der Waals surface area contributed by atoms with Crippen molar-refractivity contribution in [3.63, 3.8) is 0 Å².